The van der Waals surface area contributed by atoms with Crippen LogP contribution in [0.2, 0.25) is 0 Å². The minimum atomic E-state index is 0.571. The van der Waals surface area contributed by atoms with Crippen molar-refractivity contribution in [2.75, 3.05) is 11.9 Å². The summed E-state index contributed by atoms with van der Waals surface area (Å²) in [6, 6.07) is 8.91. The van der Waals surface area contributed by atoms with E-state index in [0.29, 0.717) is 6.04 Å². The first-order valence-electron chi connectivity index (χ1n) is 6.54. The summed E-state index contributed by atoms with van der Waals surface area (Å²) in [5.74, 6) is 0. The van der Waals surface area contributed by atoms with Crippen molar-refractivity contribution in [3.05, 3.63) is 54.0 Å². The number of rotatable bonds is 6. The van der Waals surface area contributed by atoms with Gasteiger partial charge in [-0.25, -0.2) is 0 Å². The topological polar surface area (TPSA) is 27.6 Å². The fourth-order valence-electron chi connectivity index (χ4n) is 1.87. The number of anilines is 1. The van der Waals surface area contributed by atoms with Crippen LogP contribution in [0.4, 0.5) is 5.69 Å². The lowest BCUT2D eigenvalue weighted by Gasteiger charge is -2.17. The molecule has 0 saturated heterocycles. The standard InChI is InChI=1S/C16H21N3/c1-12-6-5-7-15(10-12)19(4)11-16(17-3)13(2)18-14-8-9-14/h5-7,10-11,14,18H,2-3,8-9H2,1,4H3/b16-11-. The normalized spacial score (nSPS) is 14.9. The second-order valence-corrected chi connectivity index (χ2v) is 5.02. The van der Waals surface area contributed by atoms with Crippen LogP contribution in [0, 0.1) is 6.92 Å². The first kappa shape index (κ1) is 13.4. The molecule has 0 atom stereocenters. The fraction of sp³-hybridized carbons (Fsp3) is 0.312. The van der Waals surface area contributed by atoms with Crippen molar-refractivity contribution in [3.8, 4) is 0 Å². The van der Waals surface area contributed by atoms with Gasteiger partial charge >= 0.3 is 0 Å². The lowest BCUT2D eigenvalue weighted by Crippen LogP contribution is -2.18. The van der Waals surface area contributed by atoms with Crippen LogP contribution >= 0.6 is 0 Å². The van der Waals surface area contributed by atoms with Gasteiger partial charge in [0, 0.05) is 25.0 Å². The molecule has 0 aliphatic heterocycles. The molecular weight excluding hydrogens is 234 g/mol. The van der Waals surface area contributed by atoms with Crippen LogP contribution in [0.1, 0.15) is 18.4 Å². The van der Waals surface area contributed by atoms with Crippen molar-refractivity contribution >= 4 is 12.4 Å². The Morgan fingerprint density at radius 3 is 2.79 bits per heavy atom. The van der Waals surface area contributed by atoms with Gasteiger partial charge in [0.05, 0.1) is 5.70 Å². The number of aliphatic imine (C=N–C) groups is 1. The Balaban J connectivity index is 2.11. The van der Waals surface area contributed by atoms with Gasteiger partial charge in [-0.1, -0.05) is 18.7 Å². The van der Waals surface area contributed by atoms with E-state index in [4.69, 9.17) is 0 Å². The van der Waals surface area contributed by atoms with Gasteiger partial charge in [0.2, 0.25) is 0 Å². The van der Waals surface area contributed by atoms with Gasteiger partial charge in [-0.05, 0) is 44.2 Å². The Morgan fingerprint density at radius 2 is 2.21 bits per heavy atom. The van der Waals surface area contributed by atoms with Crippen LogP contribution in [0.25, 0.3) is 0 Å². The first-order valence-corrected chi connectivity index (χ1v) is 6.54. The molecule has 3 heteroatoms. The minimum absolute atomic E-state index is 0.571. The molecule has 0 aromatic heterocycles. The van der Waals surface area contributed by atoms with Crippen LogP contribution in [-0.2, 0) is 0 Å². The Hall–Kier alpha value is -2.03. The molecule has 1 aliphatic rings. The summed E-state index contributed by atoms with van der Waals surface area (Å²) in [5.41, 5.74) is 3.99. The van der Waals surface area contributed by atoms with E-state index in [-0.39, 0.29) is 0 Å². The smallest absolute Gasteiger partial charge is 0.101 e. The summed E-state index contributed by atoms with van der Waals surface area (Å²) in [5, 5.41) is 3.35. The molecule has 3 nitrogen and oxygen atoms in total. The molecule has 0 radical (unpaired) electrons. The molecule has 1 aromatic rings. The zero-order chi connectivity index (χ0) is 13.8. The molecule has 1 saturated carbocycles. The quantitative estimate of drug-likeness (QED) is 0.624. The largest absolute Gasteiger partial charge is 0.381 e. The molecule has 19 heavy (non-hydrogen) atoms. The highest BCUT2D eigenvalue weighted by atomic mass is 15.1. The maximum absolute atomic E-state index is 4.06. The van der Waals surface area contributed by atoms with Crippen molar-refractivity contribution in [2.45, 2.75) is 25.8 Å². The highest BCUT2D eigenvalue weighted by Crippen LogP contribution is 2.23. The Morgan fingerprint density at radius 1 is 1.47 bits per heavy atom. The van der Waals surface area contributed by atoms with Gasteiger partial charge < -0.3 is 10.2 Å². The predicted molar refractivity (Wildman–Crippen MR) is 82.5 cm³/mol. The maximum Gasteiger partial charge on any atom is 0.101 e. The monoisotopic (exact) mass is 255 g/mol. The van der Waals surface area contributed by atoms with Crippen LogP contribution in [0.3, 0.4) is 0 Å². The third-order valence-electron chi connectivity index (χ3n) is 3.16. The Bertz CT molecular complexity index is 512. The molecule has 100 valence electrons. The Kier molecular flexibility index (Phi) is 4.05. The summed E-state index contributed by atoms with van der Waals surface area (Å²) < 4.78 is 0. The zero-order valence-corrected chi connectivity index (χ0v) is 11.7. The van der Waals surface area contributed by atoms with E-state index >= 15 is 0 Å². The highest BCUT2D eigenvalue weighted by molar-refractivity contribution is 5.52. The van der Waals surface area contributed by atoms with Crippen LogP contribution in [0.5, 0.6) is 0 Å². The summed E-state index contributed by atoms with van der Waals surface area (Å²) in [6.07, 6.45) is 4.40. The van der Waals surface area contributed by atoms with E-state index in [1.54, 1.807) is 0 Å². The SMILES string of the molecule is C=N/C(=C\N(C)c1cccc(C)c1)C(=C)NC1CC1. The molecule has 0 bridgehead atoms. The lowest BCUT2D eigenvalue weighted by molar-refractivity contribution is 0.811. The van der Waals surface area contributed by atoms with Crippen molar-refractivity contribution in [1.82, 2.24) is 5.32 Å². The summed E-state index contributed by atoms with van der Waals surface area (Å²) >= 11 is 0. The van der Waals surface area contributed by atoms with E-state index < -0.39 is 0 Å². The van der Waals surface area contributed by atoms with Crippen molar-refractivity contribution in [1.29, 1.82) is 0 Å². The molecule has 0 amide bonds. The molecule has 1 aliphatic carbocycles. The molecule has 0 heterocycles. The van der Waals surface area contributed by atoms with Crippen molar-refractivity contribution in [2.24, 2.45) is 4.99 Å². The molecule has 0 unspecified atom stereocenters. The Labute approximate surface area is 115 Å². The van der Waals surface area contributed by atoms with Crippen LogP contribution in [0.15, 0.2) is 53.4 Å². The van der Waals surface area contributed by atoms with E-state index in [0.717, 1.165) is 17.1 Å². The summed E-state index contributed by atoms with van der Waals surface area (Å²) in [4.78, 5) is 6.10. The van der Waals surface area contributed by atoms with E-state index in [1.165, 1.54) is 18.4 Å². The third kappa shape index (κ3) is 3.71. The number of hydrogen-bond donors (Lipinski definition) is 1. The number of hydrogen-bond acceptors (Lipinski definition) is 3. The summed E-state index contributed by atoms with van der Waals surface area (Å²) in [6.45, 7) is 9.74. The molecule has 0 spiro atoms. The second-order valence-electron chi connectivity index (χ2n) is 5.02. The number of nitrogens with zero attached hydrogens (tertiary/aromatic N) is 2. The van der Waals surface area contributed by atoms with Gasteiger partial charge in [-0.15, -0.1) is 0 Å². The summed E-state index contributed by atoms with van der Waals surface area (Å²) in [7, 11) is 2.00. The maximum atomic E-state index is 4.06. The number of nitrogens with one attached hydrogen (secondary N) is 1. The minimum Gasteiger partial charge on any atom is -0.381 e. The zero-order valence-electron chi connectivity index (χ0n) is 11.7. The number of benzene rings is 1. The highest BCUT2D eigenvalue weighted by Gasteiger charge is 2.22. The average molecular weight is 255 g/mol. The third-order valence-corrected chi connectivity index (χ3v) is 3.16. The molecule has 1 N–H and O–H groups in total. The van der Waals surface area contributed by atoms with Crippen molar-refractivity contribution in [3.63, 3.8) is 0 Å². The van der Waals surface area contributed by atoms with Gasteiger partial charge in [-0.3, -0.25) is 4.99 Å². The van der Waals surface area contributed by atoms with Gasteiger partial charge in [-0.2, -0.15) is 0 Å². The van der Waals surface area contributed by atoms with Crippen LogP contribution < -0.4 is 10.2 Å². The van der Waals surface area contributed by atoms with Gasteiger partial charge in [0.25, 0.3) is 0 Å². The molecule has 2 rings (SSSR count). The van der Waals surface area contributed by atoms with Gasteiger partial charge in [0.15, 0.2) is 0 Å². The van der Waals surface area contributed by atoms with Gasteiger partial charge in [0.1, 0.15) is 5.70 Å². The van der Waals surface area contributed by atoms with E-state index in [2.05, 4.69) is 48.7 Å². The second kappa shape index (κ2) is 5.74. The predicted octanol–water partition coefficient (Wildman–Crippen LogP) is 3.24. The average Bonchev–Trinajstić information content (AvgIpc) is 3.19. The molecule has 1 fully saturated rings. The van der Waals surface area contributed by atoms with E-state index in [1.807, 2.05) is 24.2 Å². The number of aryl methyl sites for hydroxylation is 1. The fourth-order valence-corrected chi connectivity index (χ4v) is 1.87. The van der Waals surface area contributed by atoms with E-state index in [9.17, 15) is 0 Å². The molecular formula is C16H21N3. The van der Waals surface area contributed by atoms with Crippen LogP contribution in [-0.4, -0.2) is 19.8 Å². The first-order chi connectivity index (χ1) is 9.10. The lowest BCUT2D eigenvalue weighted by atomic mass is 10.2. The van der Waals surface area contributed by atoms with Crippen molar-refractivity contribution < 1.29 is 0 Å². The molecule has 1 aromatic carbocycles.